The number of halogens is 1. The Bertz CT molecular complexity index is 650. The van der Waals surface area contributed by atoms with Gasteiger partial charge in [0.1, 0.15) is 11.7 Å². The van der Waals surface area contributed by atoms with Crippen LogP contribution in [0.25, 0.3) is 0 Å². The number of ether oxygens (including phenoxy) is 1. The summed E-state index contributed by atoms with van der Waals surface area (Å²) in [6.07, 6.45) is 5.73. The van der Waals surface area contributed by atoms with Gasteiger partial charge in [-0.2, -0.15) is 0 Å². The van der Waals surface area contributed by atoms with E-state index in [0.717, 1.165) is 31.2 Å². The maximum atomic E-state index is 13.2. The number of thioether (sulfide) groups is 1. The van der Waals surface area contributed by atoms with Crippen LogP contribution >= 0.6 is 11.8 Å². The van der Waals surface area contributed by atoms with Crippen molar-refractivity contribution in [2.24, 2.45) is 0 Å². The second-order valence-corrected chi connectivity index (χ2v) is 10.0. The first-order valence-electron chi connectivity index (χ1n) is 8.39. The van der Waals surface area contributed by atoms with Crippen LogP contribution in [0.15, 0.2) is 29.2 Å². The molecule has 1 aromatic carbocycles. The minimum Gasteiger partial charge on any atom is -0.362 e. The molecule has 4 nitrogen and oxygen atoms in total. The molecule has 0 aromatic heterocycles. The van der Waals surface area contributed by atoms with E-state index in [1.165, 1.54) is 18.0 Å². The zero-order valence-corrected chi connectivity index (χ0v) is 15.4. The Kier molecular flexibility index (Phi) is 5.85. The Morgan fingerprint density at radius 3 is 2.58 bits per heavy atom. The molecule has 2 saturated heterocycles. The van der Waals surface area contributed by atoms with Crippen molar-refractivity contribution >= 4 is 21.6 Å². The average Bonchev–Trinajstić information content (AvgIpc) is 2.98. The molecule has 2 aliphatic rings. The van der Waals surface area contributed by atoms with Crippen LogP contribution in [0.4, 0.5) is 4.39 Å². The van der Waals surface area contributed by atoms with Gasteiger partial charge >= 0.3 is 0 Å². The highest BCUT2D eigenvalue weighted by Gasteiger charge is 2.28. The van der Waals surface area contributed by atoms with Crippen molar-refractivity contribution in [1.82, 2.24) is 5.32 Å². The fourth-order valence-corrected chi connectivity index (χ4v) is 5.00. The molecule has 3 rings (SSSR count). The largest absolute Gasteiger partial charge is 0.362 e. The van der Waals surface area contributed by atoms with Crippen molar-refractivity contribution < 1.29 is 17.5 Å². The van der Waals surface area contributed by atoms with E-state index in [1.807, 2.05) is 12.1 Å². The number of benzene rings is 1. The summed E-state index contributed by atoms with van der Waals surface area (Å²) in [4.78, 5) is 0.342. The molecule has 4 atom stereocenters. The van der Waals surface area contributed by atoms with E-state index in [2.05, 4.69) is 5.32 Å². The summed E-state index contributed by atoms with van der Waals surface area (Å²) in [5.74, 6) is 0. The van der Waals surface area contributed by atoms with E-state index in [0.29, 0.717) is 17.9 Å². The maximum Gasteiger partial charge on any atom is 0.175 e. The molecule has 2 fully saturated rings. The van der Waals surface area contributed by atoms with Gasteiger partial charge in [0.15, 0.2) is 9.84 Å². The van der Waals surface area contributed by atoms with Gasteiger partial charge in [0, 0.05) is 17.5 Å². The zero-order chi connectivity index (χ0) is 17.2. The van der Waals surface area contributed by atoms with Crippen LogP contribution in [0.1, 0.15) is 43.7 Å². The van der Waals surface area contributed by atoms with Crippen molar-refractivity contribution in [3.63, 3.8) is 0 Å². The standard InChI is InChI=1S/C17H24FNO3S2/c1-24(20,21)14-8-5-12(6-9-14)15-3-2-4-17(19-15)22-11-13-7-10-16(18)23-13/h5-6,8-9,13,15-17,19H,2-4,7,10-11H2,1H3. The topological polar surface area (TPSA) is 55.4 Å². The number of rotatable bonds is 5. The van der Waals surface area contributed by atoms with Gasteiger partial charge in [0.25, 0.3) is 0 Å². The van der Waals surface area contributed by atoms with Crippen LogP contribution in [0.2, 0.25) is 0 Å². The number of piperidine rings is 1. The molecule has 0 spiro atoms. The van der Waals surface area contributed by atoms with Gasteiger partial charge < -0.3 is 4.74 Å². The third-order valence-electron chi connectivity index (χ3n) is 4.60. The van der Waals surface area contributed by atoms with Crippen LogP contribution < -0.4 is 5.32 Å². The normalized spacial score (nSPS) is 31.2. The highest BCUT2D eigenvalue weighted by Crippen LogP contribution is 2.35. The summed E-state index contributed by atoms with van der Waals surface area (Å²) in [5, 5.41) is 3.75. The second-order valence-electron chi connectivity index (χ2n) is 6.56. The van der Waals surface area contributed by atoms with E-state index < -0.39 is 15.3 Å². The lowest BCUT2D eigenvalue weighted by Crippen LogP contribution is -2.39. The van der Waals surface area contributed by atoms with Gasteiger partial charge in [0.2, 0.25) is 0 Å². The summed E-state index contributed by atoms with van der Waals surface area (Å²) < 4.78 is 42.2. The third-order valence-corrected chi connectivity index (χ3v) is 7.01. The van der Waals surface area contributed by atoms with E-state index >= 15 is 0 Å². The zero-order valence-electron chi connectivity index (χ0n) is 13.8. The molecule has 0 aliphatic carbocycles. The minimum absolute atomic E-state index is 0.0161. The maximum absolute atomic E-state index is 13.2. The molecule has 2 aliphatic heterocycles. The third kappa shape index (κ3) is 4.71. The first-order valence-corrected chi connectivity index (χ1v) is 11.2. The number of nitrogens with one attached hydrogen (secondary N) is 1. The van der Waals surface area contributed by atoms with E-state index in [9.17, 15) is 12.8 Å². The van der Waals surface area contributed by atoms with Crippen molar-refractivity contribution in [2.75, 3.05) is 12.9 Å². The molecule has 0 amide bonds. The van der Waals surface area contributed by atoms with Crippen molar-refractivity contribution in [3.05, 3.63) is 29.8 Å². The minimum atomic E-state index is -3.16. The highest BCUT2D eigenvalue weighted by molar-refractivity contribution is 8.00. The predicted octanol–water partition coefficient (Wildman–Crippen LogP) is 3.44. The number of hydrogen-bond donors (Lipinski definition) is 1. The van der Waals surface area contributed by atoms with Crippen molar-refractivity contribution in [1.29, 1.82) is 0 Å². The van der Waals surface area contributed by atoms with Crippen LogP contribution in [0, 0.1) is 0 Å². The molecular weight excluding hydrogens is 349 g/mol. The smallest absolute Gasteiger partial charge is 0.175 e. The molecule has 1 aromatic rings. The van der Waals surface area contributed by atoms with Crippen LogP contribution in [0.5, 0.6) is 0 Å². The molecule has 1 N–H and O–H groups in total. The van der Waals surface area contributed by atoms with Gasteiger partial charge in [-0.3, -0.25) is 5.32 Å². The Morgan fingerprint density at radius 2 is 1.96 bits per heavy atom. The SMILES string of the molecule is CS(=O)(=O)c1ccc(C2CCCC(OCC3CCC(F)S3)N2)cc1. The highest BCUT2D eigenvalue weighted by atomic mass is 32.2. The average molecular weight is 374 g/mol. The fourth-order valence-electron chi connectivity index (χ4n) is 3.25. The molecule has 2 heterocycles. The fraction of sp³-hybridized carbons (Fsp3) is 0.647. The Balaban J connectivity index is 1.55. The first kappa shape index (κ1) is 18.2. The quantitative estimate of drug-likeness (QED) is 0.857. The van der Waals surface area contributed by atoms with Crippen LogP contribution in [0.3, 0.4) is 0 Å². The van der Waals surface area contributed by atoms with Gasteiger partial charge in [-0.15, -0.1) is 11.8 Å². The lowest BCUT2D eigenvalue weighted by Gasteiger charge is -2.32. The summed E-state index contributed by atoms with van der Waals surface area (Å²) in [6.45, 7) is 0.586. The summed E-state index contributed by atoms with van der Waals surface area (Å²) >= 11 is 1.38. The van der Waals surface area contributed by atoms with Gasteiger partial charge in [-0.1, -0.05) is 12.1 Å². The van der Waals surface area contributed by atoms with Crippen molar-refractivity contribution in [2.45, 2.75) is 60.0 Å². The summed E-state index contributed by atoms with van der Waals surface area (Å²) in [7, 11) is -3.16. The van der Waals surface area contributed by atoms with Crippen molar-refractivity contribution in [3.8, 4) is 0 Å². The molecule has 0 saturated carbocycles. The summed E-state index contributed by atoms with van der Waals surface area (Å²) in [5.41, 5.74) is 0.341. The number of alkyl halides is 1. The van der Waals surface area contributed by atoms with E-state index in [1.54, 1.807) is 12.1 Å². The van der Waals surface area contributed by atoms with Gasteiger partial charge in [-0.25, -0.2) is 12.8 Å². The lowest BCUT2D eigenvalue weighted by atomic mass is 9.97. The molecule has 7 heteroatoms. The first-order chi connectivity index (χ1) is 11.4. The molecule has 24 heavy (non-hydrogen) atoms. The lowest BCUT2D eigenvalue weighted by molar-refractivity contribution is 0.000265. The molecule has 0 bridgehead atoms. The van der Waals surface area contributed by atoms with E-state index in [4.69, 9.17) is 4.74 Å². The number of hydrogen-bond acceptors (Lipinski definition) is 5. The Labute approximate surface area is 147 Å². The molecule has 0 radical (unpaired) electrons. The van der Waals surface area contributed by atoms with Gasteiger partial charge in [0.05, 0.1) is 11.5 Å². The van der Waals surface area contributed by atoms with Gasteiger partial charge in [-0.05, 0) is 49.8 Å². The van der Waals surface area contributed by atoms with Crippen LogP contribution in [-0.2, 0) is 14.6 Å². The second kappa shape index (κ2) is 7.72. The summed E-state index contributed by atoms with van der Waals surface area (Å²) in [6, 6.07) is 7.23. The monoisotopic (exact) mass is 373 g/mol. The number of sulfone groups is 1. The molecule has 4 unspecified atom stereocenters. The Hall–Kier alpha value is -0.630. The molecular formula is C17H24FNO3S2. The predicted molar refractivity (Wildman–Crippen MR) is 94.5 cm³/mol. The Morgan fingerprint density at radius 1 is 1.21 bits per heavy atom. The van der Waals surface area contributed by atoms with E-state index in [-0.39, 0.29) is 17.5 Å². The van der Waals surface area contributed by atoms with Crippen LogP contribution in [-0.4, -0.2) is 38.3 Å². The molecule has 134 valence electrons.